The van der Waals surface area contributed by atoms with E-state index in [0.717, 1.165) is 54.6 Å². The Bertz CT molecular complexity index is 1350. The van der Waals surface area contributed by atoms with E-state index in [9.17, 15) is 5.11 Å². The third-order valence-corrected chi connectivity index (χ3v) is 8.14. The Hall–Kier alpha value is -3.27. The van der Waals surface area contributed by atoms with E-state index in [1.807, 2.05) is 48.7 Å². The van der Waals surface area contributed by atoms with Gasteiger partial charge in [-0.15, -0.1) is 0 Å². The van der Waals surface area contributed by atoms with Gasteiger partial charge >= 0.3 is 0 Å². The first-order valence-corrected chi connectivity index (χ1v) is 13.8. The lowest BCUT2D eigenvalue weighted by Gasteiger charge is -2.46. The van der Waals surface area contributed by atoms with Gasteiger partial charge in [0.1, 0.15) is 29.1 Å². The van der Waals surface area contributed by atoms with Crippen LogP contribution in [0.4, 0.5) is 23.3 Å². The highest BCUT2D eigenvalue weighted by Gasteiger charge is 2.55. The fourth-order valence-electron chi connectivity index (χ4n) is 5.83. The number of rotatable bonds is 6. The molecule has 0 amide bonds. The monoisotopic (exact) mass is 530 g/mol. The van der Waals surface area contributed by atoms with Crippen molar-refractivity contribution in [3.63, 3.8) is 0 Å². The second-order valence-electron chi connectivity index (χ2n) is 12.3. The lowest BCUT2D eigenvalue weighted by molar-refractivity contribution is -0.0893. The maximum Gasteiger partial charge on any atom is 0.229 e. The number of hydrogen-bond acceptors (Lipinski definition) is 9. The van der Waals surface area contributed by atoms with Gasteiger partial charge in [0.15, 0.2) is 0 Å². The Labute approximate surface area is 230 Å². The molecule has 2 saturated heterocycles. The minimum Gasteiger partial charge on any atom is -0.489 e. The SMILES string of the molecule is CC1(C)C[C@@H]2N(c3cccc(C(C)(C)O)n3)c3nc(Nc4ccc(O[C@@H]5CCNC5)cc4)ncc3[C@]2(C)CO1. The summed E-state index contributed by atoms with van der Waals surface area (Å²) in [4.78, 5) is 16.8. The zero-order valence-electron chi connectivity index (χ0n) is 23.4. The summed E-state index contributed by atoms with van der Waals surface area (Å²) >= 11 is 0. The van der Waals surface area contributed by atoms with Crippen LogP contribution in [0.2, 0.25) is 0 Å². The van der Waals surface area contributed by atoms with Crippen LogP contribution in [0, 0.1) is 0 Å². The maximum atomic E-state index is 10.7. The molecular weight excluding hydrogens is 492 g/mol. The number of anilines is 4. The first kappa shape index (κ1) is 26.0. The number of nitrogens with one attached hydrogen (secondary N) is 2. The van der Waals surface area contributed by atoms with Crippen LogP contribution in [-0.2, 0) is 15.8 Å². The van der Waals surface area contributed by atoms with E-state index in [4.69, 9.17) is 24.4 Å². The minimum absolute atomic E-state index is 0.0758. The molecule has 6 rings (SSSR count). The summed E-state index contributed by atoms with van der Waals surface area (Å²) in [6.45, 7) is 12.4. The first-order valence-electron chi connectivity index (χ1n) is 13.8. The van der Waals surface area contributed by atoms with Gasteiger partial charge in [-0.2, -0.15) is 4.98 Å². The molecule has 3 atom stereocenters. The largest absolute Gasteiger partial charge is 0.489 e. The van der Waals surface area contributed by atoms with Gasteiger partial charge in [-0.25, -0.2) is 9.97 Å². The van der Waals surface area contributed by atoms with Crippen molar-refractivity contribution in [1.29, 1.82) is 0 Å². The number of hydrogen-bond donors (Lipinski definition) is 3. The average Bonchev–Trinajstić information content (AvgIpc) is 3.48. The molecule has 0 bridgehead atoms. The molecule has 39 heavy (non-hydrogen) atoms. The van der Waals surface area contributed by atoms with Crippen LogP contribution in [0.15, 0.2) is 48.7 Å². The number of pyridine rings is 1. The highest BCUT2D eigenvalue weighted by atomic mass is 16.5. The van der Waals surface area contributed by atoms with Gasteiger partial charge in [-0.05, 0) is 83.5 Å². The Morgan fingerprint density at radius 3 is 2.64 bits per heavy atom. The minimum atomic E-state index is -1.06. The van der Waals surface area contributed by atoms with E-state index in [2.05, 4.69) is 36.3 Å². The van der Waals surface area contributed by atoms with Crippen molar-refractivity contribution in [2.75, 3.05) is 29.9 Å². The molecule has 1 aromatic carbocycles. The van der Waals surface area contributed by atoms with Crippen LogP contribution in [0.25, 0.3) is 0 Å². The molecule has 9 heteroatoms. The molecular formula is C30H38N6O3. The molecule has 5 heterocycles. The molecule has 9 nitrogen and oxygen atoms in total. The third-order valence-electron chi connectivity index (χ3n) is 8.14. The van der Waals surface area contributed by atoms with Gasteiger partial charge in [0.05, 0.1) is 23.9 Å². The lowest BCUT2D eigenvalue weighted by atomic mass is 9.73. The zero-order chi connectivity index (χ0) is 27.4. The van der Waals surface area contributed by atoms with Crippen molar-refractivity contribution in [1.82, 2.24) is 20.3 Å². The molecule has 3 aliphatic rings. The van der Waals surface area contributed by atoms with E-state index < -0.39 is 5.60 Å². The smallest absolute Gasteiger partial charge is 0.229 e. The third kappa shape index (κ3) is 4.95. The standard InChI is InChI=1S/C30H38N6O3/c1-28(2)15-24-30(5,18-38-28)22-17-32-27(33-19-9-11-20(12-10-19)39-21-13-14-31-16-21)35-26(22)36(24)25-8-6-7-23(34-25)29(3,4)37/h6-12,17,21,24,31,37H,13-16,18H2,1-5H3,(H,32,33,35)/t21-,24+,30+/m1/s1. The van der Waals surface area contributed by atoms with E-state index in [0.29, 0.717) is 18.2 Å². The summed E-state index contributed by atoms with van der Waals surface area (Å²) in [5.41, 5.74) is 0.892. The van der Waals surface area contributed by atoms with Crippen molar-refractivity contribution >= 4 is 23.3 Å². The highest BCUT2D eigenvalue weighted by molar-refractivity contribution is 5.71. The van der Waals surface area contributed by atoms with Crippen LogP contribution in [0.5, 0.6) is 5.75 Å². The molecule has 0 aliphatic carbocycles. The van der Waals surface area contributed by atoms with E-state index >= 15 is 0 Å². The van der Waals surface area contributed by atoms with Gasteiger partial charge in [-0.1, -0.05) is 13.0 Å². The van der Waals surface area contributed by atoms with Crippen molar-refractivity contribution in [2.45, 2.75) is 76.2 Å². The molecule has 2 aromatic heterocycles. The molecule has 3 aromatic rings. The number of fused-ring (bicyclic) bond motifs is 3. The number of aliphatic hydroxyl groups is 1. The Morgan fingerprint density at radius 2 is 1.92 bits per heavy atom. The lowest BCUT2D eigenvalue weighted by Crippen LogP contribution is -2.54. The molecule has 0 spiro atoms. The maximum absolute atomic E-state index is 10.7. The normalized spacial score (nSPS) is 25.7. The molecule has 0 radical (unpaired) electrons. The second-order valence-corrected chi connectivity index (χ2v) is 12.3. The van der Waals surface area contributed by atoms with E-state index in [1.165, 1.54) is 0 Å². The van der Waals surface area contributed by atoms with Crippen LogP contribution < -0.4 is 20.3 Å². The van der Waals surface area contributed by atoms with Gasteiger partial charge in [-0.3, -0.25) is 0 Å². The van der Waals surface area contributed by atoms with Gasteiger partial charge in [0, 0.05) is 29.4 Å². The predicted molar refractivity (Wildman–Crippen MR) is 151 cm³/mol. The van der Waals surface area contributed by atoms with Crippen LogP contribution in [0.1, 0.15) is 58.7 Å². The molecule has 0 saturated carbocycles. The summed E-state index contributed by atoms with van der Waals surface area (Å²) in [5, 5.41) is 17.4. The van der Waals surface area contributed by atoms with Gasteiger partial charge in [0.2, 0.25) is 5.95 Å². The molecule has 2 fully saturated rings. The Kier molecular flexibility index (Phi) is 6.28. The van der Waals surface area contributed by atoms with Gasteiger partial charge in [0.25, 0.3) is 0 Å². The number of aromatic nitrogens is 3. The van der Waals surface area contributed by atoms with Crippen molar-refractivity contribution < 1.29 is 14.6 Å². The zero-order valence-corrected chi connectivity index (χ0v) is 23.4. The summed E-state index contributed by atoms with van der Waals surface area (Å²) in [6.07, 6.45) is 3.96. The number of nitrogens with zero attached hydrogens (tertiary/aromatic N) is 4. The van der Waals surface area contributed by atoms with Crippen LogP contribution in [-0.4, -0.2) is 57.5 Å². The average molecular weight is 531 g/mol. The molecule has 3 N–H and O–H groups in total. The predicted octanol–water partition coefficient (Wildman–Crippen LogP) is 4.56. The Morgan fingerprint density at radius 1 is 1.13 bits per heavy atom. The first-order chi connectivity index (χ1) is 18.5. The second kappa shape index (κ2) is 9.43. The van der Waals surface area contributed by atoms with Crippen molar-refractivity contribution in [3.8, 4) is 5.75 Å². The van der Waals surface area contributed by atoms with Crippen molar-refractivity contribution in [3.05, 3.63) is 59.9 Å². The fourth-order valence-corrected chi connectivity index (χ4v) is 5.83. The van der Waals surface area contributed by atoms with Crippen molar-refractivity contribution in [2.24, 2.45) is 0 Å². The quantitative estimate of drug-likeness (QED) is 0.423. The summed E-state index contributed by atoms with van der Waals surface area (Å²) in [6, 6.07) is 13.8. The molecule has 3 aliphatic heterocycles. The number of ether oxygens (including phenoxy) is 2. The van der Waals surface area contributed by atoms with Gasteiger partial charge < -0.3 is 30.1 Å². The summed E-state index contributed by atoms with van der Waals surface area (Å²) < 4.78 is 12.4. The molecule has 206 valence electrons. The van der Waals surface area contributed by atoms with E-state index in [-0.39, 0.29) is 23.2 Å². The summed E-state index contributed by atoms with van der Waals surface area (Å²) in [7, 11) is 0. The topological polar surface area (TPSA) is 105 Å². The number of benzene rings is 1. The Balaban J connectivity index is 1.33. The van der Waals surface area contributed by atoms with Crippen LogP contribution >= 0.6 is 0 Å². The highest BCUT2D eigenvalue weighted by Crippen LogP contribution is 2.53. The fraction of sp³-hybridized carbons (Fsp3) is 0.500. The molecule has 0 unspecified atom stereocenters. The van der Waals surface area contributed by atoms with Crippen LogP contribution in [0.3, 0.4) is 0 Å². The summed E-state index contributed by atoms with van der Waals surface area (Å²) in [5.74, 6) is 2.94. The van der Waals surface area contributed by atoms with E-state index in [1.54, 1.807) is 13.8 Å².